The number of halogens is 1. The standard InChI is InChI=1S/C24H25BrN4O4S/c1-15-4-3-5-19(12-15)24-27-26-23(33-24)17-6-9-28(10-7-17)34(31,32)22-14-21-18(13-20(22)25)8-11-29(21)16(2)30/h3-5,12-14,17H,6-11H2,1-2H3. The van der Waals surface area contributed by atoms with Gasteiger partial charge in [-0.3, -0.25) is 4.79 Å². The van der Waals surface area contributed by atoms with Crippen LogP contribution in [0.25, 0.3) is 11.5 Å². The predicted octanol–water partition coefficient (Wildman–Crippen LogP) is 4.28. The molecule has 2 aliphatic rings. The number of anilines is 1. The van der Waals surface area contributed by atoms with Crippen molar-refractivity contribution in [1.29, 1.82) is 0 Å². The molecular weight excluding hydrogens is 520 g/mol. The van der Waals surface area contributed by atoms with Crippen molar-refractivity contribution in [2.75, 3.05) is 24.5 Å². The summed E-state index contributed by atoms with van der Waals surface area (Å²) in [4.78, 5) is 13.8. The quantitative estimate of drug-likeness (QED) is 0.486. The lowest BCUT2D eigenvalue weighted by Gasteiger charge is -2.30. The molecule has 0 N–H and O–H groups in total. The van der Waals surface area contributed by atoms with E-state index in [1.54, 1.807) is 11.0 Å². The molecule has 2 aliphatic heterocycles. The SMILES string of the molecule is CC(=O)N1CCc2cc(Br)c(S(=O)(=O)N3CCC(c4nnc(-c5cccc(C)c5)o4)CC3)cc21. The highest BCUT2D eigenvalue weighted by Gasteiger charge is 2.35. The highest BCUT2D eigenvalue weighted by molar-refractivity contribution is 9.10. The third-order valence-electron chi connectivity index (χ3n) is 6.54. The van der Waals surface area contributed by atoms with Crippen LogP contribution in [0.4, 0.5) is 5.69 Å². The molecule has 8 nitrogen and oxygen atoms in total. The Morgan fingerprint density at radius 2 is 1.88 bits per heavy atom. The van der Waals surface area contributed by atoms with Gasteiger partial charge in [0.15, 0.2) is 0 Å². The Balaban J connectivity index is 1.32. The zero-order chi connectivity index (χ0) is 24.0. The Morgan fingerprint density at radius 3 is 2.59 bits per heavy atom. The molecule has 178 valence electrons. The first kappa shape index (κ1) is 23.2. The first-order valence-corrected chi connectivity index (χ1v) is 13.5. The lowest BCUT2D eigenvalue weighted by Crippen LogP contribution is -2.38. The topological polar surface area (TPSA) is 96.6 Å². The van der Waals surface area contributed by atoms with Gasteiger partial charge in [-0.1, -0.05) is 17.7 Å². The molecule has 1 fully saturated rings. The number of benzene rings is 2. The summed E-state index contributed by atoms with van der Waals surface area (Å²) in [5, 5.41) is 8.44. The van der Waals surface area contributed by atoms with Crippen LogP contribution in [0, 0.1) is 6.92 Å². The molecule has 34 heavy (non-hydrogen) atoms. The van der Waals surface area contributed by atoms with E-state index in [2.05, 4.69) is 26.1 Å². The summed E-state index contributed by atoms with van der Waals surface area (Å²) >= 11 is 3.45. The average Bonchev–Trinajstić information content (AvgIpc) is 3.46. The van der Waals surface area contributed by atoms with Gasteiger partial charge in [-0.15, -0.1) is 10.2 Å². The largest absolute Gasteiger partial charge is 0.420 e. The van der Waals surface area contributed by atoms with Crippen molar-refractivity contribution >= 4 is 37.5 Å². The molecule has 3 heterocycles. The molecule has 5 rings (SSSR count). The molecule has 10 heteroatoms. The Hall–Kier alpha value is -2.56. The zero-order valence-electron chi connectivity index (χ0n) is 19.0. The normalized spacial score (nSPS) is 17.2. The van der Waals surface area contributed by atoms with Gasteiger partial charge in [-0.05, 0) is 71.9 Å². The van der Waals surface area contributed by atoms with Gasteiger partial charge in [0.25, 0.3) is 0 Å². The summed E-state index contributed by atoms with van der Waals surface area (Å²) < 4.78 is 34.9. The van der Waals surface area contributed by atoms with E-state index < -0.39 is 10.0 Å². The third-order valence-corrected chi connectivity index (χ3v) is 9.39. The Labute approximate surface area is 207 Å². The number of aromatic nitrogens is 2. The number of piperidine rings is 1. The summed E-state index contributed by atoms with van der Waals surface area (Å²) in [6, 6.07) is 11.3. The molecule has 0 saturated carbocycles. The van der Waals surface area contributed by atoms with E-state index >= 15 is 0 Å². The van der Waals surface area contributed by atoms with Crippen molar-refractivity contribution in [3.8, 4) is 11.5 Å². The molecule has 1 amide bonds. The smallest absolute Gasteiger partial charge is 0.247 e. The van der Waals surface area contributed by atoms with Crippen LogP contribution in [0.2, 0.25) is 0 Å². The number of nitrogens with zero attached hydrogens (tertiary/aromatic N) is 4. The van der Waals surface area contributed by atoms with Crippen LogP contribution < -0.4 is 4.90 Å². The van der Waals surface area contributed by atoms with Crippen LogP contribution >= 0.6 is 15.9 Å². The second-order valence-corrected chi connectivity index (χ2v) is 11.6. The van der Waals surface area contributed by atoms with Crippen molar-refractivity contribution in [1.82, 2.24) is 14.5 Å². The number of rotatable bonds is 4. The number of hydrogen-bond donors (Lipinski definition) is 0. The average molecular weight is 545 g/mol. The van der Waals surface area contributed by atoms with Crippen molar-refractivity contribution in [2.24, 2.45) is 0 Å². The summed E-state index contributed by atoms with van der Waals surface area (Å²) in [6.07, 6.45) is 1.90. The number of carbonyl (C=O) groups excluding carboxylic acids is 1. The fraction of sp³-hybridized carbons (Fsp3) is 0.375. The number of sulfonamides is 1. The van der Waals surface area contributed by atoms with E-state index in [0.29, 0.717) is 60.8 Å². The van der Waals surface area contributed by atoms with Crippen molar-refractivity contribution in [3.05, 3.63) is 57.9 Å². The molecular formula is C24H25BrN4O4S. The van der Waals surface area contributed by atoms with E-state index in [1.165, 1.54) is 11.2 Å². The van der Waals surface area contributed by atoms with Gasteiger partial charge < -0.3 is 9.32 Å². The number of carbonyl (C=O) groups is 1. The van der Waals surface area contributed by atoms with Crippen LogP contribution in [0.3, 0.4) is 0 Å². The van der Waals surface area contributed by atoms with E-state index in [0.717, 1.165) is 16.7 Å². The number of amides is 1. The maximum absolute atomic E-state index is 13.5. The number of aryl methyl sites for hydroxylation is 1. The van der Waals surface area contributed by atoms with Crippen molar-refractivity contribution in [3.63, 3.8) is 0 Å². The van der Waals surface area contributed by atoms with Gasteiger partial charge in [0.2, 0.25) is 27.7 Å². The highest BCUT2D eigenvalue weighted by Crippen LogP contribution is 2.38. The van der Waals surface area contributed by atoms with Gasteiger partial charge in [-0.2, -0.15) is 4.31 Å². The fourth-order valence-corrected chi connectivity index (χ4v) is 7.23. The molecule has 0 atom stereocenters. The first-order valence-electron chi connectivity index (χ1n) is 11.2. The minimum atomic E-state index is -3.73. The van der Waals surface area contributed by atoms with Crippen LogP contribution in [0.5, 0.6) is 0 Å². The lowest BCUT2D eigenvalue weighted by atomic mass is 9.98. The fourth-order valence-electron chi connectivity index (χ4n) is 4.69. The predicted molar refractivity (Wildman–Crippen MR) is 131 cm³/mol. The summed E-state index contributed by atoms with van der Waals surface area (Å²) in [5.74, 6) is 0.944. The maximum atomic E-state index is 13.5. The zero-order valence-corrected chi connectivity index (χ0v) is 21.4. The van der Waals surface area contributed by atoms with Gasteiger partial charge in [-0.25, -0.2) is 8.42 Å². The van der Waals surface area contributed by atoms with Crippen LogP contribution in [0.15, 0.2) is 50.2 Å². The third kappa shape index (κ3) is 4.18. The van der Waals surface area contributed by atoms with E-state index in [9.17, 15) is 13.2 Å². The first-order chi connectivity index (χ1) is 16.2. The Bertz CT molecular complexity index is 1360. The monoisotopic (exact) mass is 544 g/mol. The number of fused-ring (bicyclic) bond motifs is 1. The van der Waals surface area contributed by atoms with E-state index in [1.807, 2.05) is 37.3 Å². The Morgan fingerprint density at radius 1 is 1.12 bits per heavy atom. The molecule has 0 aliphatic carbocycles. The molecule has 1 aromatic heterocycles. The van der Waals surface area contributed by atoms with Crippen LogP contribution in [0.1, 0.15) is 42.7 Å². The summed E-state index contributed by atoms with van der Waals surface area (Å²) in [6.45, 7) is 4.79. The van der Waals surface area contributed by atoms with Gasteiger partial charge >= 0.3 is 0 Å². The second-order valence-electron chi connectivity index (χ2n) is 8.83. The molecule has 1 saturated heterocycles. The second kappa shape index (κ2) is 8.90. The number of hydrogen-bond acceptors (Lipinski definition) is 6. The van der Waals surface area contributed by atoms with Crippen molar-refractivity contribution < 1.29 is 17.6 Å². The van der Waals surface area contributed by atoms with Crippen molar-refractivity contribution in [2.45, 2.75) is 43.9 Å². The van der Waals surface area contributed by atoms with Gasteiger partial charge in [0.05, 0.1) is 4.90 Å². The van der Waals surface area contributed by atoms with E-state index in [4.69, 9.17) is 4.42 Å². The van der Waals surface area contributed by atoms with Crippen LogP contribution in [-0.4, -0.2) is 48.5 Å². The molecule has 0 unspecified atom stereocenters. The molecule has 2 aromatic carbocycles. The molecule has 0 bridgehead atoms. The van der Waals surface area contributed by atoms with Crippen LogP contribution in [-0.2, 0) is 21.2 Å². The maximum Gasteiger partial charge on any atom is 0.247 e. The minimum absolute atomic E-state index is 0.00850. The molecule has 0 spiro atoms. The van der Waals surface area contributed by atoms with E-state index in [-0.39, 0.29) is 16.7 Å². The summed E-state index contributed by atoms with van der Waals surface area (Å²) in [7, 11) is -3.73. The summed E-state index contributed by atoms with van der Waals surface area (Å²) in [5.41, 5.74) is 3.64. The molecule has 3 aromatic rings. The molecule has 0 radical (unpaired) electrons. The highest BCUT2D eigenvalue weighted by atomic mass is 79.9. The minimum Gasteiger partial charge on any atom is -0.420 e. The Kier molecular flexibility index (Phi) is 6.07. The van der Waals surface area contributed by atoms with Gasteiger partial charge in [0, 0.05) is 48.2 Å². The van der Waals surface area contributed by atoms with Gasteiger partial charge in [0.1, 0.15) is 0 Å². The lowest BCUT2D eigenvalue weighted by molar-refractivity contribution is -0.116.